The van der Waals surface area contributed by atoms with Crippen molar-refractivity contribution in [3.8, 4) is 0 Å². The molecule has 5 heteroatoms. The fourth-order valence-electron chi connectivity index (χ4n) is 2.11. The summed E-state index contributed by atoms with van der Waals surface area (Å²) in [6.07, 6.45) is 3.48. The summed E-state index contributed by atoms with van der Waals surface area (Å²) < 4.78 is 1.80. The molecule has 0 unspecified atom stereocenters. The monoisotopic (exact) mass is 293 g/mol. The number of nitrogens with one attached hydrogen (secondary N) is 1. The molecule has 0 fully saturated rings. The summed E-state index contributed by atoms with van der Waals surface area (Å²) in [4.78, 5) is 16.8. The molecule has 0 saturated heterocycles. The van der Waals surface area contributed by atoms with E-state index in [0.29, 0.717) is 35.2 Å². The number of nitrogens with zero attached hydrogens (tertiary/aromatic N) is 2. The van der Waals surface area contributed by atoms with Crippen LogP contribution in [0.2, 0.25) is 5.02 Å². The molecule has 0 bridgehead atoms. The number of fused-ring (bicyclic) bond motifs is 1. The molecule has 20 heavy (non-hydrogen) atoms. The number of hydrogen-bond acceptors (Lipinski definition) is 2. The van der Waals surface area contributed by atoms with Crippen LogP contribution in [0, 0.1) is 5.92 Å². The molecule has 0 atom stereocenters. The van der Waals surface area contributed by atoms with E-state index in [9.17, 15) is 4.79 Å². The third kappa shape index (κ3) is 3.12. The Bertz CT molecular complexity index is 619. The van der Waals surface area contributed by atoms with Crippen molar-refractivity contribution in [2.45, 2.75) is 33.6 Å². The van der Waals surface area contributed by atoms with E-state index in [1.165, 1.54) is 0 Å². The summed E-state index contributed by atoms with van der Waals surface area (Å²) in [5.74, 6) is 0.499. The van der Waals surface area contributed by atoms with Crippen molar-refractivity contribution >= 4 is 23.2 Å². The van der Waals surface area contributed by atoms with Crippen molar-refractivity contribution < 1.29 is 4.79 Å². The molecule has 4 nitrogen and oxygen atoms in total. The minimum Gasteiger partial charge on any atom is -0.351 e. The van der Waals surface area contributed by atoms with Gasteiger partial charge in [0.2, 0.25) is 0 Å². The van der Waals surface area contributed by atoms with Crippen LogP contribution in [0.1, 0.15) is 43.4 Å². The summed E-state index contributed by atoms with van der Waals surface area (Å²) in [6.45, 7) is 6.95. The first-order valence-electron chi connectivity index (χ1n) is 6.97. The average molecular weight is 294 g/mol. The van der Waals surface area contributed by atoms with Gasteiger partial charge in [0.25, 0.3) is 5.91 Å². The van der Waals surface area contributed by atoms with Gasteiger partial charge in [-0.05, 0) is 24.8 Å². The summed E-state index contributed by atoms with van der Waals surface area (Å²) in [5.41, 5.74) is 2.13. The van der Waals surface area contributed by atoms with Crippen LogP contribution in [-0.2, 0) is 6.42 Å². The molecule has 2 aromatic heterocycles. The minimum absolute atomic E-state index is 0.0719. The van der Waals surface area contributed by atoms with E-state index >= 15 is 0 Å². The Labute approximate surface area is 124 Å². The molecule has 2 heterocycles. The van der Waals surface area contributed by atoms with Gasteiger partial charge < -0.3 is 5.32 Å². The molecule has 1 amide bonds. The molecule has 1 N–H and O–H groups in total. The molecule has 0 aliphatic rings. The van der Waals surface area contributed by atoms with Gasteiger partial charge >= 0.3 is 0 Å². The molecule has 0 aliphatic carbocycles. The number of aryl methyl sites for hydroxylation is 1. The first kappa shape index (κ1) is 14.9. The Kier molecular flexibility index (Phi) is 4.65. The molecular weight excluding hydrogens is 274 g/mol. The molecular formula is C15H20ClN3O. The van der Waals surface area contributed by atoms with Gasteiger partial charge in [-0.1, -0.05) is 32.4 Å². The molecule has 0 aliphatic heterocycles. The van der Waals surface area contributed by atoms with E-state index in [0.717, 1.165) is 12.1 Å². The van der Waals surface area contributed by atoms with Crippen LogP contribution in [0.5, 0.6) is 0 Å². The highest BCUT2D eigenvalue weighted by Crippen LogP contribution is 2.17. The predicted octanol–water partition coefficient (Wildman–Crippen LogP) is 3.33. The van der Waals surface area contributed by atoms with E-state index in [4.69, 9.17) is 11.6 Å². The maximum absolute atomic E-state index is 12.4. The lowest BCUT2D eigenvalue weighted by Gasteiger charge is -2.08. The zero-order valence-corrected chi connectivity index (χ0v) is 12.9. The normalized spacial score (nSPS) is 11.2. The lowest BCUT2D eigenvalue weighted by molar-refractivity contribution is 0.0945. The Morgan fingerprint density at radius 1 is 1.50 bits per heavy atom. The van der Waals surface area contributed by atoms with Crippen LogP contribution in [-0.4, -0.2) is 21.8 Å². The Balaban J connectivity index is 2.29. The Morgan fingerprint density at radius 2 is 2.25 bits per heavy atom. The summed E-state index contributed by atoms with van der Waals surface area (Å²) >= 11 is 5.97. The highest BCUT2D eigenvalue weighted by molar-refractivity contribution is 6.30. The molecule has 108 valence electrons. The third-order valence-electron chi connectivity index (χ3n) is 3.22. The second-order valence-corrected chi connectivity index (χ2v) is 5.71. The topological polar surface area (TPSA) is 46.4 Å². The lowest BCUT2D eigenvalue weighted by atomic mass is 10.1. The number of aromatic nitrogens is 2. The Hall–Kier alpha value is -1.55. The van der Waals surface area contributed by atoms with Crippen LogP contribution in [0.15, 0.2) is 18.3 Å². The molecule has 0 saturated carbocycles. The van der Waals surface area contributed by atoms with Crippen LogP contribution < -0.4 is 5.32 Å². The van der Waals surface area contributed by atoms with Crippen LogP contribution in [0.4, 0.5) is 0 Å². The number of halogens is 1. The van der Waals surface area contributed by atoms with Gasteiger partial charge in [-0.15, -0.1) is 0 Å². The third-order valence-corrected chi connectivity index (χ3v) is 3.45. The fourth-order valence-corrected chi connectivity index (χ4v) is 2.27. The number of rotatable bonds is 5. The number of imidazole rings is 1. The zero-order chi connectivity index (χ0) is 14.7. The van der Waals surface area contributed by atoms with Gasteiger partial charge in [-0.25, -0.2) is 4.98 Å². The van der Waals surface area contributed by atoms with E-state index in [1.807, 2.05) is 6.92 Å². The molecule has 0 spiro atoms. The highest BCUT2D eigenvalue weighted by atomic mass is 35.5. The van der Waals surface area contributed by atoms with E-state index < -0.39 is 0 Å². The molecule has 0 radical (unpaired) electrons. The standard InChI is InChI=1S/C15H20ClN3O/c1-4-12-14(15(20)17-7-5-10(2)3)19-8-6-11(16)9-13(19)18-12/h6,8-10H,4-5,7H2,1-3H3,(H,17,20). The smallest absolute Gasteiger partial charge is 0.270 e. The van der Waals surface area contributed by atoms with Crippen molar-refractivity contribution in [3.63, 3.8) is 0 Å². The molecule has 2 aromatic rings. The quantitative estimate of drug-likeness (QED) is 0.919. The van der Waals surface area contributed by atoms with Crippen LogP contribution in [0.25, 0.3) is 5.65 Å². The van der Waals surface area contributed by atoms with E-state index in [-0.39, 0.29) is 5.91 Å². The maximum atomic E-state index is 12.4. The molecule has 2 rings (SSSR count). The van der Waals surface area contributed by atoms with Crippen molar-refractivity contribution in [1.29, 1.82) is 0 Å². The van der Waals surface area contributed by atoms with Crippen molar-refractivity contribution in [1.82, 2.24) is 14.7 Å². The van der Waals surface area contributed by atoms with Crippen LogP contribution in [0.3, 0.4) is 0 Å². The predicted molar refractivity (Wildman–Crippen MR) is 81.4 cm³/mol. The maximum Gasteiger partial charge on any atom is 0.270 e. The van der Waals surface area contributed by atoms with Gasteiger partial charge in [-0.2, -0.15) is 0 Å². The summed E-state index contributed by atoms with van der Waals surface area (Å²) in [5, 5.41) is 3.59. The number of pyridine rings is 1. The number of amides is 1. The lowest BCUT2D eigenvalue weighted by Crippen LogP contribution is -2.27. The van der Waals surface area contributed by atoms with Crippen molar-refractivity contribution in [2.75, 3.05) is 6.54 Å². The van der Waals surface area contributed by atoms with Gasteiger partial charge in [0, 0.05) is 23.8 Å². The number of hydrogen-bond donors (Lipinski definition) is 1. The average Bonchev–Trinajstić information content (AvgIpc) is 2.75. The first-order valence-corrected chi connectivity index (χ1v) is 7.35. The van der Waals surface area contributed by atoms with Crippen molar-refractivity contribution in [3.05, 3.63) is 34.7 Å². The largest absolute Gasteiger partial charge is 0.351 e. The van der Waals surface area contributed by atoms with Gasteiger partial charge in [0.15, 0.2) is 0 Å². The fraction of sp³-hybridized carbons (Fsp3) is 0.467. The van der Waals surface area contributed by atoms with Gasteiger partial charge in [0.1, 0.15) is 11.3 Å². The molecule has 0 aromatic carbocycles. The van der Waals surface area contributed by atoms with Gasteiger partial charge in [0.05, 0.1) is 5.69 Å². The van der Waals surface area contributed by atoms with E-state index in [2.05, 4.69) is 24.1 Å². The first-order chi connectivity index (χ1) is 9.52. The summed E-state index contributed by atoms with van der Waals surface area (Å²) in [6, 6.07) is 3.53. The Morgan fingerprint density at radius 3 is 2.90 bits per heavy atom. The van der Waals surface area contributed by atoms with E-state index in [1.54, 1.807) is 22.7 Å². The highest BCUT2D eigenvalue weighted by Gasteiger charge is 2.17. The minimum atomic E-state index is -0.0719. The zero-order valence-electron chi connectivity index (χ0n) is 12.1. The van der Waals surface area contributed by atoms with Crippen molar-refractivity contribution in [2.24, 2.45) is 5.92 Å². The number of carbonyl (C=O) groups is 1. The second kappa shape index (κ2) is 6.27. The SMILES string of the molecule is CCc1nc2cc(Cl)ccn2c1C(=O)NCCC(C)C. The van der Waals surface area contributed by atoms with Crippen LogP contribution >= 0.6 is 11.6 Å². The second-order valence-electron chi connectivity index (χ2n) is 5.27. The van der Waals surface area contributed by atoms with Gasteiger partial charge in [-0.3, -0.25) is 9.20 Å². The summed E-state index contributed by atoms with van der Waals surface area (Å²) in [7, 11) is 0. The number of carbonyl (C=O) groups excluding carboxylic acids is 1.